The van der Waals surface area contributed by atoms with Crippen molar-refractivity contribution >= 4 is 9.84 Å². The second-order valence-electron chi connectivity index (χ2n) is 5.60. The first kappa shape index (κ1) is 15.4. The Morgan fingerprint density at radius 1 is 1.30 bits per heavy atom. The first-order valence-electron chi connectivity index (χ1n) is 7.19. The van der Waals surface area contributed by atoms with Crippen LogP contribution >= 0.6 is 0 Å². The zero-order chi connectivity index (χ0) is 14.8. The van der Waals surface area contributed by atoms with Gasteiger partial charge in [-0.25, -0.2) is 12.8 Å². The van der Waals surface area contributed by atoms with Crippen molar-refractivity contribution < 1.29 is 12.8 Å². The number of halogens is 1. The van der Waals surface area contributed by atoms with Gasteiger partial charge in [0.2, 0.25) is 0 Å². The van der Waals surface area contributed by atoms with Gasteiger partial charge in [-0.05, 0) is 43.4 Å². The predicted molar refractivity (Wildman–Crippen MR) is 77.6 cm³/mol. The second kappa shape index (κ2) is 6.22. The maximum Gasteiger partial charge on any atom is 0.184 e. The van der Waals surface area contributed by atoms with Crippen molar-refractivity contribution in [2.45, 2.75) is 42.8 Å². The Kier molecular flexibility index (Phi) is 4.81. The number of sulfone groups is 1. The number of benzene rings is 1. The first-order valence-corrected chi connectivity index (χ1v) is 8.73. The highest BCUT2D eigenvalue weighted by molar-refractivity contribution is 7.92. The van der Waals surface area contributed by atoms with Gasteiger partial charge in [-0.15, -0.1) is 0 Å². The molecule has 1 aliphatic rings. The molecule has 20 heavy (non-hydrogen) atoms. The lowest BCUT2D eigenvalue weighted by atomic mass is 9.80. The third kappa shape index (κ3) is 2.88. The Morgan fingerprint density at radius 3 is 2.60 bits per heavy atom. The molecule has 2 N–H and O–H groups in total. The van der Waals surface area contributed by atoms with Gasteiger partial charge in [0.05, 0.1) is 5.25 Å². The van der Waals surface area contributed by atoms with E-state index in [9.17, 15) is 12.8 Å². The molecule has 1 aliphatic carbocycles. The minimum absolute atomic E-state index is 0.0672. The Morgan fingerprint density at radius 2 is 2.00 bits per heavy atom. The van der Waals surface area contributed by atoms with Gasteiger partial charge in [-0.1, -0.05) is 31.9 Å². The van der Waals surface area contributed by atoms with Crippen molar-refractivity contribution in [3.8, 4) is 0 Å². The first-order chi connectivity index (χ1) is 9.50. The summed E-state index contributed by atoms with van der Waals surface area (Å²) in [6, 6.07) is 5.62. The average Bonchev–Trinajstić information content (AvgIpc) is 2.46. The molecule has 2 rings (SSSR count). The Balaban J connectivity index is 2.38. The van der Waals surface area contributed by atoms with Gasteiger partial charge >= 0.3 is 0 Å². The van der Waals surface area contributed by atoms with Crippen molar-refractivity contribution in [2.24, 2.45) is 17.6 Å². The fourth-order valence-electron chi connectivity index (χ4n) is 3.13. The molecule has 1 fully saturated rings. The van der Waals surface area contributed by atoms with Gasteiger partial charge in [-0.3, -0.25) is 0 Å². The fourth-order valence-corrected chi connectivity index (χ4v) is 5.35. The summed E-state index contributed by atoms with van der Waals surface area (Å²) in [4.78, 5) is -0.180. The normalized spacial score (nSPS) is 27.4. The van der Waals surface area contributed by atoms with Crippen LogP contribution in [0.5, 0.6) is 0 Å². The van der Waals surface area contributed by atoms with E-state index in [2.05, 4.69) is 6.92 Å². The van der Waals surface area contributed by atoms with E-state index in [-0.39, 0.29) is 10.8 Å². The van der Waals surface area contributed by atoms with Crippen molar-refractivity contribution in [3.05, 3.63) is 30.1 Å². The Bertz CT molecular complexity index is 559. The van der Waals surface area contributed by atoms with E-state index in [0.29, 0.717) is 18.9 Å². The van der Waals surface area contributed by atoms with Gasteiger partial charge in [0.15, 0.2) is 9.84 Å². The van der Waals surface area contributed by atoms with Crippen LogP contribution < -0.4 is 5.73 Å². The van der Waals surface area contributed by atoms with Crippen LogP contribution in [0.4, 0.5) is 4.39 Å². The molecule has 0 radical (unpaired) electrons. The van der Waals surface area contributed by atoms with E-state index < -0.39 is 20.9 Å². The summed E-state index contributed by atoms with van der Waals surface area (Å²) in [5, 5.41) is -0.553. The molecule has 1 aromatic carbocycles. The van der Waals surface area contributed by atoms with E-state index in [4.69, 9.17) is 5.73 Å². The maximum absolute atomic E-state index is 13.8. The van der Waals surface area contributed by atoms with Crippen LogP contribution in [0.25, 0.3) is 0 Å². The molecule has 0 saturated heterocycles. The fraction of sp³-hybridized carbons (Fsp3) is 0.600. The smallest absolute Gasteiger partial charge is 0.184 e. The van der Waals surface area contributed by atoms with Crippen molar-refractivity contribution in [1.82, 2.24) is 0 Å². The molecule has 1 saturated carbocycles. The highest BCUT2D eigenvalue weighted by Crippen LogP contribution is 2.37. The number of hydrogen-bond donors (Lipinski definition) is 1. The van der Waals surface area contributed by atoms with Crippen LogP contribution in [0.1, 0.15) is 32.6 Å². The van der Waals surface area contributed by atoms with E-state index in [1.807, 2.05) is 0 Å². The topological polar surface area (TPSA) is 60.2 Å². The lowest BCUT2D eigenvalue weighted by Gasteiger charge is -2.34. The van der Waals surface area contributed by atoms with Gasteiger partial charge in [0, 0.05) is 0 Å². The highest BCUT2D eigenvalue weighted by Gasteiger charge is 2.39. The predicted octanol–water partition coefficient (Wildman–Crippen LogP) is 2.75. The van der Waals surface area contributed by atoms with Gasteiger partial charge in [0.25, 0.3) is 0 Å². The average molecular weight is 299 g/mol. The molecule has 3 unspecified atom stereocenters. The molecule has 0 amide bonds. The van der Waals surface area contributed by atoms with E-state index in [1.165, 1.54) is 18.2 Å². The molecule has 5 heteroatoms. The van der Waals surface area contributed by atoms with Crippen LogP contribution in [0.15, 0.2) is 29.2 Å². The molecular weight excluding hydrogens is 277 g/mol. The quantitative estimate of drug-likeness (QED) is 0.930. The molecular formula is C15H22FNO2S. The summed E-state index contributed by atoms with van der Waals surface area (Å²) in [6.07, 6.45) is 3.38. The molecule has 112 valence electrons. The molecule has 0 bridgehead atoms. The van der Waals surface area contributed by atoms with Gasteiger partial charge in [-0.2, -0.15) is 0 Å². The standard InChI is InChI=1S/C15H22FNO2S/c1-2-11-7-8-12(10-17)15(9-11)20(18,19)14-6-4-3-5-13(14)16/h3-6,11-12,15H,2,7-10,17H2,1H3. The van der Waals surface area contributed by atoms with Crippen LogP contribution in [-0.4, -0.2) is 20.2 Å². The van der Waals surface area contributed by atoms with Gasteiger partial charge in [0.1, 0.15) is 10.7 Å². The van der Waals surface area contributed by atoms with E-state index >= 15 is 0 Å². The van der Waals surface area contributed by atoms with Gasteiger partial charge < -0.3 is 5.73 Å². The highest BCUT2D eigenvalue weighted by atomic mass is 32.2. The van der Waals surface area contributed by atoms with Crippen LogP contribution in [0.3, 0.4) is 0 Å². The summed E-state index contributed by atoms with van der Waals surface area (Å²) in [6.45, 7) is 2.41. The number of hydrogen-bond acceptors (Lipinski definition) is 3. The molecule has 3 atom stereocenters. The summed E-state index contributed by atoms with van der Waals surface area (Å²) >= 11 is 0. The zero-order valence-corrected chi connectivity index (χ0v) is 12.6. The zero-order valence-electron chi connectivity index (χ0n) is 11.8. The lowest BCUT2D eigenvalue weighted by molar-refractivity contribution is 0.275. The Labute approximate surface area is 120 Å². The number of nitrogens with two attached hydrogens (primary N) is 1. The SMILES string of the molecule is CCC1CCC(CN)C(S(=O)(=O)c2ccccc2F)C1. The largest absolute Gasteiger partial charge is 0.330 e. The molecule has 0 heterocycles. The van der Waals surface area contributed by atoms with Crippen LogP contribution in [0.2, 0.25) is 0 Å². The third-order valence-electron chi connectivity index (χ3n) is 4.46. The summed E-state index contributed by atoms with van der Waals surface area (Å²) in [5.41, 5.74) is 5.74. The van der Waals surface area contributed by atoms with Crippen LogP contribution in [0, 0.1) is 17.7 Å². The molecule has 3 nitrogen and oxygen atoms in total. The minimum Gasteiger partial charge on any atom is -0.330 e. The Hall–Kier alpha value is -0.940. The summed E-state index contributed by atoms with van der Waals surface area (Å²) < 4.78 is 39.3. The van der Waals surface area contributed by atoms with Crippen molar-refractivity contribution in [3.63, 3.8) is 0 Å². The monoisotopic (exact) mass is 299 g/mol. The van der Waals surface area contributed by atoms with E-state index in [0.717, 1.165) is 19.3 Å². The summed E-state index contributed by atoms with van der Waals surface area (Å²) in [5.74, 6) is -0.339. The lowest BCUT2D eigenvalue weighted by Crippen LogP contribution is -2.40. The molecule has 1 aromatic rings. The van der Waals surface area contributed by atoms with Crippen molar-refractivity contribution in [1.29, 1.82) is 0 Å². The van der Waals surface area contributed by atoms with E-state index in [1.54, 1.807) is 6.07 Å². The number of rotatable bonds is 4. The van der Waals surface area contributed by atoms with Crippen molar-refractivity contribution in [2.75, 3.05) is 6.54 Å². The third-order valence-corrected chi connectivity index (χ3v) is 6.78. The van der Waals surface area contributed by atoms with Crippen LogP contribution in [-0.2, 0) is 9.84 Å². The second-order valence-corrected chi connectivity index (χ2v) is 7.73. The minimum atomic E-state index is -3.65. The molecule has 0 aliphatic heterocycles. The molecule has 0 aromatic heterocycles. The molecule has 0 spiro atoms. The summed E-state index contributed by atoms with van der Waals surface area (Å²) in [7, 11) is -3.65. The maximum atomic E-state index is 13.8.